The van der Waals surface area contributed by atoms with Crippen LogP contribution in [0.25, 0.3) is 44.3 Å². The van der Waals surface area contributed by atoms with Crippen molar-refractivity contribution in [1.82, 2.24) is 9.38 Å². The number of aromatic nitrogens is 3. The largest absolute Gasteiger partial charge is 0.503 e. The van der Waals surface area contributed by atoms with Crippen molar-refractivity contribution >= 4 is 55.8 Å². The SMILES string of the molecule is CC[n+]1c(C=CC=c2cc(-c3ccccc3)nc3sc(=C(O)C(F)(F)F)c(=O)n23)sc2ccccc21. The van der Waals surface area contributed by atoms with Gasteiger partial charge in [0.15, 0.2) is 4.96 Å². The number of hydrogen-bond acceptors (Lipinski definition) is 5. The number of para-hydroxylation sites is 1. The highest BCUT2D eigenvalue weighted by atomic mass is 32.1. The maximum absolute atomic E-state index is 13.2. The van der Waals surface area contributed by atoms with Gasteiger partial charge in [-0.25, -0.2) is 4.98 Å². The van der Waals surface area contributed by atoms with Crippen LogP contribution >= 0.6 is 22.7 Å². The molecule has 36 heavy (non-hydrogen) atoms. The topological polar surface area (TPSA) is 58.5 Å². The molecule has 0 aliphatic rings. The summed E-state index contributed by atoms with van der Waals surface area (Å²) in [4.78, 5) is 17.4. The van der Waals surface area contributed by atoms with Crippen molar-refractivity contribution in [2.24, 2.45) is 0 Å². The molecular weight excluding hydrogens is 507 g/mol. The van der Waals surface area contributed by atoms with Crippen molar-refractivity contribution in [2.75, 3.05) is 0 Å². The lowest BCUT2D eigenvalue weighted by Crippen LogP contribution is -2.34. The Bertz CT molecular complexity index is 1800. The Morgan fingerprint density at radius 1 is 1.11 bits per heavy atom. The number of aliphatic hydroxyl groups excluding tert-OH is 1. The quantitative estimate of drug-likeness (QED) is 0.347. The van der Waals surface area contributed by atoms with Crippen LogP contribution in [0.3, 0.4) is 0 Å². The molecule has 2 aromatic carbocycles. The molecule has 0 saturated heterocycles. The molecule has 0 radical (unpaired) electrons. The first-order valence-corrected chi connectivity index (χ1v) is 12.6. The zero-order valence-corrected chi connectivity index (χ0v) is 20.5. The van der Waals surface area contributed by atoms with E-state index in [4.69, 9.17) is 0 Å². The monoisotopic (exact) mass is 526 g/mol. The fourth-order valence-electron chi connectivity index (χ4n) is 3.90. The van der Waals surface area contributed by atoms with Gasteiger partial charge in [0.1, 0.15) is 15.8 Å². The molecule has 3 aromatic heterocycles. The van der Waals surface area contributed by atoms with Gasteiger partial charge in [-0.15, -0.1) is 0 Å². The fraction of sp³-hybridized carbons (Fsp3) is 0.115. The van der Waals surface area contributed by atoms with Crippen LogP contribution in [0.2, 0.25) is 0 Å². The highest BCUT2D eigenvalue weighted by molar-refractivity contribution is 7.18. The molecule has 0 aliphatic heterocycles. The maximum Gasteiger partial charge on any atom is 0.450 e. The summed E-state index contributed by atoms with van der Waals surface area (Å²) in [5, 5.41) is 11.0. The molecule has 0 bridgehead atoms. The van der Waals surface area contributed by atoms with Gasteiger partial charge in [-0.05, 0) is 25.1 Å². The van der Waals surface area contributed by atoms with E-state index in [0.717, 1.165) is 31.7 Å². The Morgan fingerprint density at radius 2 is 1.83 bits per heavy atom. The Kier molecular flexibility index (Phi) is 6.23. The van der Waals surface area contributed by atoms with Crippen LogP contribution in [-0.4, -0.2) is 20.7 Å². The van der Waals surface area contributed by atoms with Gasteiger partial charge >= 0.3 is 6.18 Å². The molecule has 0 atom stereocenters. The third kappa shape index (κ3) is 4.33. The van der Waals surface area contributed by atoms with Crippen molar-refractivity contribution in [3.05, 3.63) is 92.0 Å². The van der Waals surface area contributed by atoms with E-state index in [1.54, 1.807) is 29.6 Å². The average molecular weight is 527 g/mol. The molecule has 0 aliphatic carbocycles. The number of aliphatic hydroxyl groups is 1. The van der Waals surface area contributed by atoms with Gasteiger partial charge in [-0.3, -0.25) is 9.20 Å². The summed E-state index contributed by atoms with van der Waals surface area (Å²) >= 11 is 2.12. The smallest absolute Gasteiger partial charge is 0.450 e. The van der Waals surface area contributed by atoms with E-state index >= 15 is 0 Å². The molecule has 5 rings (SSSR count). The lowest BCUT2D eigenvalue weighted by Gasteiger charge is -2.02. The molecule has 0 spiro atoms. The number of alkyl halides is 3. The zero-order valence-electron chi connectivity index (χ0n) is 18.9. The van der Waals surface area contributed by atoms with E-state index in [0.29, 0.717) is 22.4 Å². The molecule has 0 unspecified atom stereocenters. The number of thiazole rings is 2. The maximum atomic E-state index is 13.2. The average Bonchev–Trinajstić information content (AvgIpc) is 3.40. The fourth-order valence-corrected chi connectivity index (χ4v) is 6.04. The first kappa shape index (κ1) is 24.0. The Balaban J connectivity index is 1.74. The van der Waals surface area contributed by atoms with Crippen molar-refractivity contribution in [3.8, 4) is 11.3 Å². The molecule has 1 N–H and O–H groups in total. The molecule has 5 nitrogen and oxygen atoms in total. The van der Waals surface area contributed by atoms with Gasteiger partial charge in [0.05, 0.1) is 11.0 Å². The number of nitrogens with zero attached hydrogens (tertiary/aromatic N) is 3. The summed E-state index contributed by atoms with van der Waals surface area (Å²) in [5.74, 6) is -1.92. The van der Waals surface area contributed by atoms with Crippen LogP contribution in [-0.2, 0) is 6.54 Å². The second kappa shape index (κ2) is 9.36. The van der Waals surface area contributed by atoms with Crippen LogP contribution in [0.15, 0.2) is 71.5 Å². The number of aryl methyl sites for hydroxylation is 1. The van der Waals surface area contributed by atoms with Crippen molar-refractivity contribution in [2.45, 2.75) is 19.6 Å². The van der Waals surface area contributed by atoms with Crippen LogP contribution < -0.4 is 20.0 Å². The molecule has 3 heterocycles. The van der Waals surface area contributed by atoms with E-state index in [2.05, 4.69) is 16.5 Å². The van der Waals surface area contributed by atoms with Gasteiger partial charge < -0.3 is 5.11 Å². The van der Waals surface area contributed by atoms with E-state index < -0.39 is 22.0 Å². The van der Waals surface area contributed by atoms with E-state index in [9.17, 15) is 23.1 Å². The Labute approximate surface area is 210 Å². The molecule has 0 fully saturated rings. The Hall–Kier alpha value is -3.76. The number of halogens is 3. The predicted molar refractivity (Wildman–Crippen MR) is 137 cm³/mol. The summed E-state index contributed by atoms with van der Waals surface area (Å²) in [6.07, 6.45) is 0.285. The van der Waals surface area contributed by atoms with Gasteiger partial charge in [0.2, 0.25) is 11.3 Å². The van der Waals surface area contributed by atoms with Crippen molar-refractivity contribution in [1.29, 1.82) is 0 Å². The molecule has 10 heteroatoms. The number of allylic oxidation sites excluding steroid dienone is 1. The minimum absolute atomic E-state index is 0.0530. The lowest BCUT2D eigenvalue weighted by molar-refractivity contribution is -0.665. The van der Waals surface area contributed by atoms with Crippen molar-refractivity contribution in [3.63, 3.8) is 0 Å². The predicted octanol–water partition coefficient (Wildman–Crippen LogP) is 4.67. The number of hydrogen-bond donors (Lipinski definition) is 1. The van der Waals surface area contributed by atoms with Crippen molar-refractivity contribution < 1.29 is 22.8 Å². The highest BCUT2D eigenvalue weighted by Crippen LogP contribution is 2.24. The zero-order chi connectivity index (χ0) is 25.4. The molecule has 182 valence electrons. The summed E-state index contributed by atoms with van der Waals surface area (Å²) in [6, 6.07) is 18.8. The summed E-state index contributed by atoms with van der Waals surface area (Å²) in [6.45, 7) is 2.82. The van der Waals surface area contributed by atoms with Gasteiger partial charge in [-0.2, -0.15) is 17.7 Å². The first-order chi connectivity index (χ1) is 17.3. The standard InChI is InChI=1S/C26H18F3N3O2S2/c1-2-31-19-12-6-7-13-20(19)35-21(31)14-8-11-17-15-18(16-9-4-3-5-10-16)30-25-32(17)24(34)22(36-25)23(33)26(27,28)29/h3-15H,2H2,1H3/p+1. The van der Waals surface area contributed by atoms with Gasteiger partial charge in [-0.1, -0.05) is 71.2 Å². The normalized spacial score (nSPS) is 13.8. The van der Waals surface area contributed by atoms with Gasteiger partial charge in [0.25, 0.3) is 10.6 Å². The number of benzene rings is 2. The summed E-state index contributed by atoms with van der Waals surface area (Å²) < 4.78 is 43.1. The highest BCUT2D eigenvalue weighted by Gasteiger charge is 2.36. The second-order valence-electron chi connectivity index (χ2n) is 7.81. The number of fused-ring (bicyclic) bond motifs is 2. The van der Waals surface area contributed by atoms with Crippen LogP contribution in [0.1, 0.15) is 11.9 Å². The summed E-state index contributed by atoms with van der Waals surface area (Å²) in [5.41, 5.74) is 1.39. The molecule has 5 aromatic rings. The Morgan fingerprint density at radius 3 is 2.56 bits per heavy atom. The third-order valence-corrected chi connectivity index (χ3v) is 7.71. The minimum atomic E-state index is -5.04. The van der Waals surface area contributed by atoms with Crippen LogP contribution in [0.5, 0.6) is 0 Å². The summed E-state index contributed by atoms with van der Waals surface area (Å²) in [7, 11) is 0. The minimum Gasteiger partial charge on any atom is -0.503 e. The molecular formula is C26H19F3N3O2S2+. The lowest BCUT2D eigenvalue weighted by atomic mass is 10.1. The first-order valence-electron chi connectivity index (χ1n) is 11.0. The molecule has 0 amide bonds. The van der Waals surface area contributed by atoms with Crippen LogP contribution in [0.4, 0.5) is 13.2 Å². The number of rotatable bonds is 4. The van der Waals surface area contributed by atoms with E-state index in [1.807, 2.05) is 60.7 Å². The second-order valence-corrected chi connectivity index (χ2v) is 9.85. The van der Waals surface area contributed by atoms with E-state index in [1.165, 1.54) is 0 Å². The van der Waals surface area contributed by atoms with Gasteiger partial charge in [0, 0.05) is 17.7 Å². The third-order valence-electron chi connectivity index (χ3n) is 5.55. The van der Waals surface area contributed by atoms with E-state index in [-0.39, 0.29) is 4.96 Å². The van der Waals surface area contributed by atoms with Crippen LogP contribution in [0, 0.1) is 0 Å². The molecule has 0 saturated carbocycles.